The number of primary sulfonamides is 1. The molecule has 0 aliphatic carbocycles. The van der Waals surface area contributed by atoms with E-state index in [2.05, 4.69) is 15.3 Å². The number of para-hydroxylation sites is 2. The summed E-state index contributed by atoms with van der Waals surface area (Å²) >= 11 is 0. The average Bonchev–Trinajstić information content (AvgIpc) is 2.57. The first kappa shape index (κ1) is 17.0. The summed E-state index contributed by atoms with van der Waals surface area (Å²) in [4.78, 5) is 20.9. The quantitative estimate of drug-likeness (QED) is 0.746. The molecule has 0 saturated carbocycles. The van der Waals surface area contributed by atoms with Gasteiger partial charge in [-0.3, -0.25) is 9.78 Å². The van der Waals surface area contributed by atoms with Crippen molar-refractivity contribution < 1.29 is 13.2 Å². The van der Waals surface area contributed by atoms with E-state index in [1.54, 1.807) is 26.0 Å². The Hall–Kier alpha value is -2.84. The number of aryl methyl sites for hydroxylation is 1. The molecule has 0 spiro atoms. The fraction of sp³-hybridized carbons (Fsp3) is 0.118. The van der Waals surface area contributed by atoms with Gasteiger partial charge in [0.05, 0.1) is 22.1 Å². The number of rotatable bonds is 3. The third-order valence-corrected chi connectivity index (χ3v) is 4.79. The third kappa shape index (κ3) is 3.49. The molecule has 0 aliphatic heterocycles. The van der Waals surface area contributed by atoms with E-state index in [-0.39, 0.29) is 10.6 Å². The van der Waals surface area contributed by atoms with Crippen molar-refractivity contribution in [1.29, 1.82) is 0 Å². The van der Waals surface area contributed by atoms with Gasteiger partial charge >= 0.3 is 0 Å². The van der Waals surface area contributed by atoms with Gasteiger partial charge in [-0.2, -0.15) is 0 Å². The van der Waals surface area contributed by atoms with Gasteiger partial charge in [0.25, 0.3) is 5.91 Å². The molecule has 1 heterocycles. The summed E-state index contributed by atoms with van der Waals surface area (Å²) < 4.78 is 23.2. The van der Waals surface area contributed by atoms with Crippen LogP contribution in [0.15, 0.2) is 47.5 Å². The molecule has 3 rings (SSSR count). The molecule has 0 radical (unpaired) electrons. The summed E-state index contributed by atoms with van der Waals surface area (Å²) in [7, 11) is -3.87. The summed E-state index contributed by atoms with van der Waals surface area (Å²) in [5, 5.41) is 7.87. The van der Waals surface area contributed by atoms with Crippen molar-refractivity contribution >= 4 is 32.7 Å². The van der Waals surface area contributed by atoms with E-state index in [0.717, 1.165) is 5.56 Å². The molecule has 1 amide bonds. The number of aromatic nitrogens is 2. The van der Waals surface area contributed by atoms with Crippen molar-refractivity contribution in [3.63, 3.8) is 0 Å². The van der Waals surface area contributed by atoms with E-state index in [1.165, 1.54) is 18.3 Å². The molecule has 3 N–H and O–H groups in total. The van der Waals surface area contributed by atoms with Crippen LogP contribution in [0.1, 0.15) is 21.6 Å². The number of anilines is 1. The zero-order valence-electron chi connectivity index (χ0n) is 13.6. The molecular weight excluding hydrogens is 340 g/mol. The number of sulfonamides is 1. The van der Waals surface area contributed by atoms with Crippen LogP contribution in [-0.4, -0.2) is 24.3 Å². The van der Waals surface area contributed by atoms with E-state index in [0.29, 0.717) is 22.3 Å². The number of carbonyl (C=O) groups is 1. The monoisotopic (exact) mass is 356 g/mol. The number of nitrogens with two attached hydrogens (primary N) is 1. The number of fused-ring (bicyclic) bond motifs is 1. The highest BCUT2D eigenvalue weighted by Gasteiger charge is 2.16. The molecule has 0 bridgehead atoms. The highest BCUT2D eigenvalue weighted by atomic mass is 32.2. The Kier molecular flexibility index (Phi) is 4.23. The second kappa shape index (κ2) is 6.23. The predicted octanol–water partition coefficient (Wildman–Crippen LogP) is 2.15. The molecule has 8 heteroatoms. The molecule has 25 heavy (non-hydrogen) atoms. The summed E-state index contributed by atoms with van der Waals surface area (Å²) in [6.07, 6.45) is 1.38. The van der Waals surface area contributed by atoms with Gasteiger partial charge < -0.3 is 5.32 Å². The lowest BCUT2D eigenvalue weighted by molar-refractivity contribution is 0.102. The van der Waals surface area contributed by atoms with Gasteiger partial charge in [-0.1, -0.05) is 12.1 Å². The van der Waals surface area contributed by atoms with Crippen molar-refractivity contribution in [2.24, 2.45) is 5.14 Å². The number of benzene rings is 2. The Balaban J connectivity index is 1.98. The fourth-order valence-corrected chi connectivity index (χ4v) is 3.00. The molecule has 0 aliphatic rings. The van der Waals surface area contributed by atoms with Crippen LogP contribution in [0.5, 0.6) is 0 Å². The maximum Gasteiger partial charge on any atom is 0.275 e. The van der Waals surface area contributed by atoms with Crippen LogP contribution in [0.2, 0.25) is 0 Å². The van der Waals surface area contributed by atoms with Gasteiger partial charge in [0.15, 0.2) is 0 Å². The highest BCUT2D eigenvalue weighted by Crippen LogP contribution is 2.24. The number of nitrogens with zero attached hydrogens (tertiary/aromatic N) is 2. The normalized spacial score (nSPS) is 11.5. The first-order chi connectivity index (χ1) is 11.8. The number of carbonyl (C=O) groups excluding carboxylic acids is 1. The van der Waals surface area contributed by atoms with Crippen molar-refractivity contribution in [2.45, 2.75) is 18.7 Å². The molecule has 0 unspecified atom stereocenters. The van der Waals surface area contributed by atoms with E-state index in [4.69, 9.17) is 5.14 Å². The minimum atomic E-state index is -3.87. The summed E-state index contributed by atoms with van der Waals surface area (Å²) in [5.41, 5.74) is 3.23. The first-order valence-corrected chi connectivity index (χ1v) is 8.97. The molecule has 2 aromatic carbocycles. The van der Waals surface area contributed by atoms with Crippen LogP contribution in [0.25, 0.3) is 11.0 Å². The van der Waals surface area contributed by atoms with Crippen LogP contribution in [0.3, 0.4) is 0 Å². The Morgan fingerprint density at radius 2 is 1.80 bits per heavy atom. The maximum atomic E-state index is 12.5. The summed E-state index contributed by atoms with van der Waals surface area (Å²) in [5.74, 6) is -0.479. The van der Waals surface area contributed by atoms with Crippen molar-refractivity contribution in [3.05, 3.63) is 59.4 Å². The van der Waals surface area contributed by atoms with Crippen LogP contribution < -0.4 is 10.5 Å². The van der Waals surface area contributed by atoms with Crippen molar-refractivity contribution in [2.75, 3.05) is 5.32 Å². The largest absolute Gasteiger partial charge is 0.320 e. The Morgan fingerprint density at radius 1 is 1.12 bits per heavy atom. The van der Waals surface area contributed by atoms with E-state index in [1.807, 2.05) is 12.1 Å². The lowest BCUT2D eigenvalue weighted by Gasteiger charge is -2.12. The molecule has 0 atom stereocenters. The number of nitrogens with one attached hydrogen (secondary N) is 1. The second-order valence-corrected chi connectivity index (χ2v) is 7.22. The van der Waals surface area contributed by atoms with Gasteiger partial charge in [-0.05, 0) is 49.2 Å². The topological polar surface area (TPSA) is 115 Å². The number of hydrogen-bond donors (Lipinski definition) is 2. The molecule has 128 valence electrons. The first-order valence-electron chi connectivity index (χ1n) is 7.43. The standard InChI is InChI=1S/C17H16N4O3S/c1-10-7-12(25(18,23)24)8-15(11(10)2)21-17(22)16-9-19-13-5-3-4-6-14(13)20-16/h3-9H,1-2H3,(H,21,22)(H2,18,23,24). The molecular formula is C17H16N4O3S. The summed E-state index contributed by atoms with van der Waals surface area (Å²) in [6.45, 7) is 3.53. The van der Waals surface area contributed by atoms with Gasteiger partial charge in [-0.25, -0.2) is 18.5 Å². The van der Waals surface area contributed by atoms with Gasteiger partial charge in [0, 0.05) is 5.69 Å². The van der Waals surface area contributed by atoms with Gasteiger partial charge in [-0.15, -0.1) is 0 Å². The number of amides is 1. The highest BCUT2D eigenvalue weighted by molar-refractivity contribution is 7.89. The Morgan fingerprint density at radius 3 is 2.48 bits per heavy atom. The lowest BCUT2D eigenvalue weighted by Crippen LogP contribution is -2.17. The third-order valence-electron chi connectivity index (χ3n) is 3.90. The average molecular weight is 356 g/mol. The zero-order chi connectivity index (χ0) is 18.2. The molecule has 0 saturated heterocycles. The zero-order valence-corrected chi connectivity index (χ0v) is 14.5. The molecule has 7 nitrogen and oxygen atoms in total. The smallest absolute Gasteiger partial charge is 0.275 e. The molecule has 0 fully saturated rings. The Labute approximate surface area is 145 Å². The summed E-state index contributed by atoms with van der Waals surface area (Å²) in [6, 6.07) is 10.0. The van der Waals surface area contributed by atoms with Gasteiger partial charge in [0.1, 0.15) is 5.69 Å². The van der Waals surface area contributed by atoms with E-state index >= 15 is 0 Å². The minimum absolute atomic E-state index is 0.0597. The SMILES string of the molecule is Cc1cc(S(N)(=O)=O)cc(NC(=O)c2cnc3ccccc3n2)c1C. The Bertz CT molecular complexity index is 1090. The minimum Gasteiger partial charge on any atom is -0.320 e. The molecule has 3 aromatic rings. The molecule has 1 aromatic heterocycles. The fourth-order valence-electron chi connectivity index (χ4n) is 2.37. The van der Waals surface area contributed by atoms with Crippen molar-refractivity contribution in [1.82, 2.24) is 9.97 Å². The predicted molar refractivity (Wildman–Crippen MR) is 94.8 cm³/mol. The van der Waals surface area contributed by atoms with E-state index < -0.39 is 15.9 Å². The lowest BCUT2D eigenvalue weighted by atomic mass is 10.1. The van der Waals surface area contributed by atoms with Gasteiger partial charge in [0.2, 0.25) is 10.0 Å². The maximum absolute atomic E-state index is 12.5. The second-order valence-electron chi connectivity index (χ2n) is 5.66. The van der Waals surface area contributed by atoms with Crippen LogP contribution in [0.4, 0.5) is 5.69 Å². The van der Waals surface area contributed by atoms with E-state index in [9.17, 15) is 13.2 Å². The van der Waals surface area contributed by atoms with Crippen molar-refractivity contribution in [3.8, 4) is 0 Å². The van der Waals surface area contributed by atoms with Crippen LogP contribution in [-0.2, 0) is 10.0 Å². The van der Waals surface area contributed by atoms with Crippen LogP contribution in [0, 0.1) is 13.8 Å². The van der Waals surface area contributed by atoms with Crippen LogP contribution >= 0.6 is 0 Å². The number of hydrogen-bond acceptors (Lipinski definition) is 5.